The molecule has 2 aliphatic heterocycles. The van der Waals surface area contributed by atoms with Crippen molar-refractivity contribution in [2.75, 3.05) is 39.4 Å². The molecule has 0 N–H and O–H groups in total. The molecule has 5 nitrogen and oxygen atoms in total. The number of ether oxygens (including phenoxy) is 3. The van der Waals surface area contributed by atoms with Crippen LogP contribution in [0.2, 0.25) is 0 Å². The maximum absolute atomic E-state index is 13.6. The highest BCUT2D eigenvalue weighted by Crippen LogP contribution is 2.42. The molecule has 2 fully saturated rings. The van der Waals surface area contributed by atoms with E-state index in [0.717, 1.165) is 78.7 Å². The van der Waals surface area contributed by atoms with Gasteiger partial charge in [-0.2, -0.15) is 0 Å². The lowest BCUT2D eigenvalue weighted by molar-refractivity contribution is -0.274. The van der Waals surface area contributed by atoms with Crippen molar-refractivity contribution in [2.45, 2.75) is 44.5 Å². The fourth-order valence-corrected chi connectivity index (χ4v) is 6.80. The second-order valence-electron chi connectivity index (χ2n) is 10.7. The van der Waals surface area contributed by atoms with E-state index in [2.05, 4.69) is 26.1 Å². The Morgan fingerprint density at radius 2 is 1.43 bits per heavy atom. The van der Waals surface area contributed by atoms with E-state index < -0.39 is 6.36 Å². The summed E-state index contributed by atoms with van der Waals surface area (Å²) in [5.74, 6) is 2.31. The van der Waals surface area contributed by atoms with Gasteiger partial charge < -0.3 is 14.2 Å². The molecule has 2 saturated heterocycles. The average Bonchev–Trinajstić information content (AvgIpc) is 2.92. The highest BCUT2D eigenvalue weighted by Gasteiger charge is 2.36. The number of halogens is 4. The third-order valence-corrected chi connectivity index (χ3v) is 8.77. The Kier molecular flexibility index (Phi) is 9.85. The molecule has 10 heteroatoms. The number of nitrogens with zero attached hydrogens (tertiary/aromatic N) is 2. The Morgan fingerprint density at radius 3 is 1.98 bits per heavy atom. The first kappa shape index (κ1) is 30.5. The minimum atomic E-state index is -4.68. The van der Waals surface area contributed by atoms with Crippen LogP contribution in [0.3, 0.4) is 0 Å². The molecule has 0 spiro atoms. The van der Waals surface area contributed by atoms with Crippen molar-refractivity contribution in [3.8, 4) is 28.4 Å². The van der Waals surface area contributed by atoms with Crippen LogP contribution in [0.15, 0.2) is 65.6 Å². The molecule has 0 amide bonds. The summed E-state index contributed by atoms with van der Waals surface area (Å²) < 4.78 is 69.0. The van der Waals surface area contributed by atoms with Crippen molar-refractivity contribution in [1.82, 2.24) is 9.21 Å². The monoisotopic (exact) mass is 604 g/mol. The molecule has 2 heterocycles. The second kappa shape index (κ2) is 13.6. The highest BCUT2D eigenvalue weighted by molar-refractivity contribution is 7.97. The third kappa shape index (κ3) is 7.90. The summed E-state index contributed by atoms with van der Waals surface area (Å²) in [5, 5.41) is 0. The van der Waals surface area contributed by atoms with Gasteiger partial charge in [-0.3, -0.25) is 4.90 Å². The number of benzene rings is 3. The van der Waals surface area contributed by atoms with Gasteiger partial charge >= 0.3 is 6.36 Å². The molecule has 0 radical (unpaired) electrons. The molecule has 0 unspecified atom stereocenters. The van der Waals surface area contributed by atoms with Crippen molar-refractivity contribution >= 4 is 11.9 Å². The lowest BCUT2D eigenvalue weighted by atomic mass is 9.81. The first-order valence-electron chi connectivity index (χ1n) is 14.4. The van der Waals surface area contributed by atoms with Crippen LogP contribution in [0.5, 0.6) is 17.2 Å². The van der Waals surface area contributed by atoms with Crippen LogP contribution < -0.4 is 14.2 Å². The third-order valence-electron chi connectivity index (χ3n) is 7.73. The first-order chi connectivity index (χ1) is 20.2. The van der Waals surface area contributed by atoms with Crippen LogP contribution >= 0.6 is 11.9 Å². The van der Waals surface area contributed by atoms with Gasteiger partial charge in [0.2, 0.25) is 0 Å². The summed E-state index contributed by atoms with van der Waals surface area (Å²) in [7, 11) is 0. The zero-order valence-electron chi connectivity index (χ0n) is 23.8. The maximum atomic E-state index is 13.6. The number of rotatable bonds is 11. The summed E-state index contributed by atoms with van der Waals surface area (Å²) in [4.78, 5) is 3.38. The number of alkyl halides is 3. The van der Waals surface area contributed by atoms with Crippen molar-refractivity contribution in [3.05, 3.63) is 72.0 Å². The van der Waals surface area contributed by atoms with E-state index in [-0.39, 0.29) is 11.6 Å². The van der Waals surface area contributed by atoms with Crippen LogP contribution in [0.4, 0.5) is 17.6 Å². The molecule has 226 valence electrons. The molecule has 42 heavy (non-hydrogen) atoms. The van der Waals surface area contributed by atoms with Crippen molar-refractivity contribution < 1.29 is 31.8 Å². The Bertz CT molecular complexity index is 1280. The predicted octanol–water partition coefficient (Wildman–Crippen LogP) is 8.04. The Hall–Kier alpha value is -2.95. The molecule has 2 aliphatic rings. The van der Waals surface area contributed by atoms with Crippen LogP contribution in [0.1, 0.15) is 32.3 Å². The zero-order valence-corrected chi connectivity index (χ0v) is 24.6. The molecular weight excluding hydrogens is 568 g/mol. The minimum Gasteiger partial charge on any atom is -0.493 e. The van der Waals surface area contributed by atoms with E-state index in [0.29, 0.717) is 25.0 Å². The normalized spacial score (nSPS) is 17.2. The molecule has 5 rings (SSSR count). The summed E-state index contributed by atoms with van der Waals surface area (Å²) in [6.07, 6.45) is -2.41. The van der Waals surface area contributed by atoms with E-state index in [1.54, 1.807) is 36.2 Å². The highest BCUT2D eigenvalue weighted by atomic mass is 32.2. The topological polar surface area (TPSA) is 34.2 Å². The molecule has 3 aromatic carbocycles. The zero-order chi connectivity index (χ0) is 29.7. The first-order valence-corrected chi connectivity index (χ1v) is 15.2. The van der Waals surface area contributed by atoms with Crippen molar-refractivity contribution in [1.29, 1.82) is 0 Å². The van der Waals surface area contributed by atoms with Crippen LogP contribution in [-0.2, 0) is 6.54 Å². The van der Waals surface area contributed by atoms with Crippen LogP contribution in [-0.4, -0.2) is 55.0 Å². The smallest absolute Gasteiger partial charge is 0.493 e. The van der Waals surface area contributed by atoms with Gasteiger partial charge in [0.15, 0.2) is 0 Å². The lowest BCUT2D eigenvalue weighted by Crippen LogP contribution is -2.48. The van der Waals surface area contributed by atoms with Gasteiger partial charge in [0.1, 0.15) is 23.1 Å². The molecule has 0 atom stereocenters. The fraction of sp³-hybridized carbons (Fsp3) is 0.438. The number of piperidine rings is 1. The molecule has 0 bridgehead atoms. The minimum absolute atomic E-state index is 0.202. The van der Waals surface area contributed by atoms with Gasteiger partial charge in [0, 0.05) is 24.5 Å². The van der Waals surface area contributed by atoms with E-state index in [9.17, 15) is 17.6 Å². The Labute approximate surface area is 248 Å². The summed E-state index contributed by atoms with van der Waals surface area (Å²) >= 11 is 1.58. The van der Waals surface area contributed by atoms with E-state index in [1.807, 2.05) is 13.8 Å². The predicted molar refractivity (Wildman–Crippen MR) is 156 cm³/mol. The van der Waals surface area contributed by atoms with Gasteiger partial charge in [0.25, 0.3) is 0 Å². The van der Waals surface area contributed by atoms with Crippen LogP contribution in [0, 0.1) is 17.7 Å². The average molecular weight is 605 g/mol. The van der Waals surface area contributed by atoms with Crippen molar-refractivity contribution in [3.63, 3.8) is 0 Å². The molecule has 0 aromatic heterocycles. The lowest BCUT2D eigenvalue weighted by Gasteiger charge is -2.45. The van der Waals surface area contributed by atoms with Gasteiger partial charge in [-0.1, -0.05) is 12.1 Å². The quantitative estimate of drug-likeness (QED) is 0.163. The van der Waals surface area contributed by atoms with Gasteiger partial charge in [0.05, 0.1) is 18.8 Å². The second-order valence-corrected chi connectivity index (χ2v) is 11.8. The van der Waals surface area contributed by atoms with Gasteiger partial charge in [-0.05, 0) is 123 Å². The number of likely N-dealkylation sites (tertiary alicyclic amines) is 1. The van der Waals surface area contributed by atoms with Crippen LogP contribution in [0.25, 0.3) is 11.1 Å². The Balaban J connectivity index is 1.14. The largest absolute Gasteiger partial charge is 0.573 e. The van der Waals surface area contributed by atoms with Gasteiger partial charge in [-0.15, -0.1) is 13.2 Å². The van der Waals surface area contributed by atoms with E-state index >= 15 is 0 Å². The Morgan fingerprint density at radius 1 is 0.833 bits per heavy atom. The number of hydrogen-bond acceptors (Lipinski definition) is 6. The van der Waals surface area contributed by atoms with Gasteiger partial charge in [-0.25, -0.2) is 8.70 Å². The SMILES string of the molecule is CCOc1cc(CN2CCC(C3CN(Sc4ccc(OC(F)(F)F)cc4)C3)CC2)cc(OCC)c1-c1ccc(F)cc1. The van der Waals surface area contributed by atoms with E-state index in [4.69, 9.17) is 9.47 Å². The summed E-state index contributed by atoms with van der Waals surface area (Å²) in [6, 6.07) is 16.6. The molecule has 3 aromatic rings. The fourth-order valence-electron chi connectivity index (χ4n) is 5.71. The van der Waals surface area contributed by atoms with E-state index in [1.165, 1.54) is 24.3 Å². The summed E-state index contributed by atoms with van der Waals surface area (Å²) in [6.45, 7) is 9.74. The maximum Gasteiger partial charge on any atom is 0.573 e. The molecule has 0 saturated carbocycles. The number of hydrogen-bond donors (Lipinski definition) is 0. The standard InChI is InChI=1S/C32H36F4N2O3S/c1-3-39-29-17-22(18-30(40-4-2)31(29)24-5-7-26(33)8-6-24)19-37-15-13-23(14-16-37)25-20-38(21-25)42-28-11-9-27(10-12-28)41-32(34,35)36/h5-12,17-18,23,25H,3-4,13-16,19-21H2,1-2H3. The van der Waals surface area contributed by atoms with Crippen molar-refractivity contribution in [2.24, 2.45) is 11.8 Å². The summed E-state index contributed by atoms with van der Waals surface area (Å²) in [5.41, 5.74) is 2.83. The molecule has 0 aliphatic carbocycles. The molecular formula is C32H36F4N2O3S.